The summed E-state index contributed by atoms with van der Waals surface area (Å²) in [5, 5.41) is 3.51. The molecule has 0 aliphatic carbocycles. The third kappa shape index (κ3) is 2.12. The van der Waals surface area contributed by atoms with Crippen molar-refractivity contribution in [2.24, 2.45) is 11.3 Å². The first kappa shape index (κ1) is 10.4. The minimum Gasteiger partial charge on any atom is -0.315 e. The van der Waals surface area contributed by atoms with Gasteiger partial charge in [0.1, 0.15) is 0 Å². The third-order valence-corrected chi connectivity index (χ3v) is 3.88. The zero-order valence-corrected chi connectivity index (χ0v) is 9.84. The van der Waals surface area contributed by atoms with Crippen LogP contribution in [0, 0.1) is 11.3 Å². The van der Waals surface area contributed by atoms with E-state index in [2.05, 4.69) is 31.0 Å². The van der Waals surface area contributed by atoms with Crippen molar-refractivity contribution in [3.63, 3.8) is 0 Å². The molecule has 2 aliphatic heterocycles. The number of likely N-dealkylation sites (tertiary alicyclic amines) is 1. The molecule has 2 atom stereocenters. The summed E-state index contributed by atoms with van der Waals surface area (Å²) in [5.74, 6) is 0.837. The average molecular weight is 196 g/mol. The number of hydrogen-bond donors (Lipinski definition) is 1. The van der Waals surface area contributed by atoms with Gasteiger partial charge in [-0.3, -0.25) is 4.90 Å². The molecule has 2 aliphatic rings. The third-order valence-electron chi connectivity index (χ3n) is 3.88. The lowest BCUT2D eigenvalue weighted by Gasteiger charge is -2.42. The molecule has 0 aromatic carbocycles. The van der Waals surface area contributed by atoms with Gasteiger partial charge in [-0.25, -0.2) is 0 Å². The molecular formula is C12H24N2. The monoisotopic (exact) mass is 196 g/mol. The molecule has 0 bridgehead atoms. The summed E-state index contributed by atoms with van der Waals surface area (Å²) in [4.78, 5) is 2.72. The predicted octanol–water partition coefficient (Wildman–Crippen LogP) is 1.72. The molecule has 0 saturated carbocycles. The Balaban J connectivity index is 1.97. The van der Waals surface area contributed by atoms with Gasteiger partial charge in [0.15, 0.2) is 0 Å². The molecule has 2 nitrogen and oxygen atoms in total. The predicted molar refractivity (Wildman–Crippen MR) is 60.4 cm³/mol. The van der Waals surface area contributed by atoms with Crippen molar-refractivity contribution < 1.29 is 0 Å². The topological polar surface area (TPSA) is 15.3 Å². The van der Waals surface area contributed by atoms with Crippen molar-refractivity contribution in [3.8, 4) is 0 Å². The van der Waals surface area contributed by atoms with Gasteiger partial charge in [-0.15, -0.1) is 0 Å². The smallest absolute Gasteiger partial charge is 0.0258 e. The van der Waals surface area contributed by atoms with Crippen LogP contribution < -0.4 is 5.32 Å². The SMILES string of the molecule is CC1CNCC1N1CCCC(C)(C)C1. The summed E-state index contributed by atoms with van der Waals surface area (Å²) in [6.07, 6.45) is 2.79. The minimum atomic E-state index is 0.542. The zero-order valence-electron chi connectivity index (χ0n) is 9.84. The maximum Gasteiger partial charge on any atom is 0.0258 e. The number of nitrogens with zero attached hydrogens (tertiary/aromatic N) is 1. The van der Waals surface area contributed by atoms with E-state index in [1.54, 1.807) is 0 Å². The van der Waals surface area contributed by atoms with Crippen molar-refractivity contribution in [1.82, 2.24) is 10.2 Å². The Morgan fingerprint density at radius 3 is 2.64 bits per heavy atom. The molecule has 1 N–H and O–H groups in total. The molecule has 2 saturated heterocycles. The Kier molecular flexibility index (Phi) is 2.85. The van der Waals surface area contributed by atoms with Gasteiger partial charge in [0, 0.05) is 19.1 Å². The van der Waals surface area contributed by atoms with Crippen LogP contribution in [0.5, 0.6) is 0 Å². The van der Waals surface area contributed by atoms with Crippen LogP contribution in [-0.2, 0) is 0 Å². The summed E-state index contributed by atoms with van der Waals surface area (Å²) in [6, 6.07) is 0.801. The molecule has 2 rings (SSSR count). The summed E-state index contributed by atoms with van der Waals surface area (Å²) in [6.45, 7) is 12.2. The van der Waals surface area contributed by atoms with E-state index >= 15 is 0 Å². The van der Waals surface area contributed by atoms with Gasteiger partial charge in [-0.2, -0.15) is 0 Å². The van der Waals surface area contributed by atoms with Gasteiger partial charge in [-0.1, -0.05) is 20.8 Å². The molecule has 0 spiro atoms. The number of piperidine rings is 1. The Hall–Kier alpha value is -0.0800. The van der Waals surface area contributed by atoms with Gasteiger partial charge in [-0.05, 0) is 37.3 Å². The standard InChI is InChI=1S/C12H24N2/c1-10-7-13-8-11(10)14-6-4-5-12(2,3)9-14/h10-11,13H,4-9H2,1-3H3. The van der Waals surface area contributed by atoms with Gasteiger partial charge in [0.2, 0.25) is 0 Å². The van der Waals surface area contributed by atoms with E-state index in [1.807, 2.05) is 0 Å². The van der Waals surface area contributed by atoms with Crippen LogP contribution in [-0.4, -0.2) is 37.1 Å². The molecule has 0 amide bonds. The maximum atomic E-state index is 3.51. The number of rotatable bonds is 1. The zero-order chi connectivity index (χ0) is 10.2. The second-order valence-corrected chi connectivity index (χ2v) is 5.94. The fourth-order valence-electron chi connectivity index (χ4n) is 3.04. The summed E-state index contributed by atoms with van der Waals surface area (Å²) in [5.41, 5.74) is 0.542. The lowest BCUT2D eigenvalue weighted by Crippen LogP contribution is -2.48. The highest BCUT2D eigenvalue weighted by Gasteiger charge is 2.34. The number of nitrogens with one attached hydrogen (secondary N) is 1. The molecular weight excluding hydrogens is 172 g/mol. The minimum absolute atomic E-state index is 0.542. The van der Waals surface area contributed by atoms with Crippen LogP contribution in [0.3, 0.4) is 0 Å². The first-order valence-corrected chi connectivity index (χ1v) is 6.03. The van der Waals surface area contributed by atoms with E-state index in [9.17, 15) is 0 Å². The van der Waals surface area contributed by atoms with Gasteiger partial charge < -0.3 is 5.32 Å². The normalized spacial score (nSPS) is 38.8. The number of hydrogen-bond acceptors (Lipinski definition) is 2. The Labute approximate surface area is 88.1 Å². The fraction of sp³-hybridized carbons (Fsp3) is 1.00. The molecule has 2 unspecified atom stereocenters. The van der Waals surface area contributed by atoms with Gasteiger partial charge >= 0.3 is 0 Å². The van der Waals surface area contributed by atoms with Gasteiger partial charge in [0.05, 0.1) is 0 Å². The van der Waals surface area contributed by atoms with Crippen LogP contribution in [0.25, 0.3) is 0 Å². The second kappa shape index (κ2) is 3.82. The van der Waals surface area contributed by atoms with Crippen LogP contribution in [0.15, 0.2) is 0 Å². The largest absolute Gasteiger partial charge is 0.315 e. The van der Waals surface area contributed by atoms with Crippen molar-refractivity contribution >= 4 is 0 Å². The van der Waals surface area contributed by atoms with E-state index in [-0.39, 0.29) is 0 Å². The molecule has 0 radical (unpaired) electrons. The lowest BCUT2D eigenvalue weighted by atomic mass is 9.83. The van der Waals surface area contributed by atoms with E-state index in [4.69, 9.17) is 0 Å². The molecule has 14 heavy (non-hydrogen) atoms. The highest BCUT2D eigenvalue weighted by Crippen LogP contribution is 2.31. The van der Waals surface area contributed by atoms with Crippen molar-refractivity contribution in [1.29, 1.82) is 0 Å². The van der Waals surface area contributed by atoms with Crippen LogP contribution in [0.2, 0.25) is 0 Å². The Morgan fingerprint density at radius 2 is 2.07 bits per heavy atom. The van der Waals surface area contributed by atoms with Crippen LogP contribution >= 0.6 is 0 Å². The summed E-state index contributed by atoms with van der Waals surface area (Å²) < 4.78 is 0. The van der Waals surface area contributed by atoms with E-state index < -0.39 is 0 Å². The summed E-state index contributed by atoms with van der Waals surface area (Å²) in [7, 11) is 0. The average Bonchev–Trinajstić information content (AvgIpc) is 2.49. The molecule has 82 valence electrons. The van der Waals surface area contributed by atoms with Crippen LogP contribution in [0.4, 0.5) is 0 Å². The van der Waals surface area contributed by atoms with Crippen LogP contribution in [0.1, 0.15) is 33.6 Å². The van der Waals surface area contributed by atoms with Crippen molar-refractivity contribution in [2.45, 2.75) is 39.7 Å². The van der Waals surface area contributed by atoms with Gasteiger partial charge in [0.25, 0.3) is 0 Å². The second-order valence-electron chi connectivity index (χ2n) is 5.94. The maximum absolute atomic E-state index is 3.51. The quantitative estimate of drug-likeness (QED) is 0.687. The first-order chi connectivity index (χ1) is 6.58. The lowest BCUT2D eigenvalue weighted by molar-refractivity contribution is 0.0709. The van der Waals surface area contributed by atoms with Crippen molar-refractivity contribution in [2.75, 3.05) is 26.2 Å². The highest BCUT2D eigenvalue weighted by atomic mass is 15.2. The summed E-state index contributed by atoms with van der Waals surface area (Å²) >= 11 is 0. The van der Waals surface area contributed by atoms with E-state index in [1.165, 1.54) is 39.0 Å². The molecule has 2 heterocycles. The van der Waals surface area contributed by atoms with E-state index in [0.29, 0.717) is 5.41 Å². The molecule has 2 fully saturated rings. The first-order valence-electron chi connectivity index (χ1n) is 6.03. The highest BCUT2D eigenvalue weighted by molar-refractivity contribution is 4.90. The van der Waals surface area contributed by atoms with Crippen molar-refractivity contribution in [3.05, 3.63) is 0 Å². The Morgan fingerprint density at radius 1 is 1.29 bits per heavy atom. The van der Waals surface area contributed by atoms with E-state index in [0.717, 1.165) is 12.0 Å². The molecule has 2 heteroatoms. The fourth-order valence-corrected chi connectivity index (χ4v) is 3.04. The Bertz CT molecular complexity index is 200. The molecule has 0 aromatic heterocycles. The molecule has 0 aromatic rings.